The molecular formula is C16H22Cl2N3O+. The number of hydrogen-bond donors (Lipinski definition) is 2. The molecule has 22 heavy (non-hydrogen) atoms. The Kier molecular flexibility index (Phi) is 6.67. The number of nitrogens with one attached hydrogen (secondary N) is 2. The van der Waals surface area contributed by atoms with Gasteiger partial charge in [-0.15, -0.1) is 0 Å². The van der Waals surface area contributed by atoms with Gasteiger partial charge in [-0.3, -0.25) is 4.79 Å². The molecule has 0 aliphatic carbocycles. The standard InChI is InChI=1S/C16H21Cl2N3O/c1-11(2)16(3,10-19)20-14(22)9-21(4)8-12-6-5-7-13(17)15(12)18/h5-7,11H,8-9H2,1-4H3,(H,20,22)/p+1/t16-/m1/s1. The van der Waals surface area contributed by atoms with Gasteiger partial charge in [0.1, 0.15) is 12.1 Å². The molecule has 2 N–H and O–H groups in total. The van der Waals surface area contributed by atoms with Gasteiger partial charge in [-0.05, 0) is 18.9 Å². The van der Waals surface area contributed by atoms with E-state index in [0.29, 0.717) is 16.6 Å². The second kappa shape index (κ2) is 7.82. The lowest BCUT2D eigenvalue weighted by Gasteiger charge is -2.27. The zero-order valence-corrected chi connectivity index (χ0v) is 14.8. The smallest absolute Gasteiger partial charge is 0.276 e. The summed E-state index contributed by atoms with van der Waals surface area (Å²) >= 11 is 12.1. The average Bonchev–Trinajstić information content (AvgIpc) is 2.43. The fourth-order valence-electron chi connectivity index (χ4n) is 1.98. The number of quaternary nitrogens is 1. The molecular weight excluding hydrogens is 321 g/mol. The molecule has 1 unspecified atom stereocenters. The summed E-state index contributed by atoms with van der Waals surface area (Å²) < 4.78 is 0. The van der Waals surface area contributed by atoms with E-state index in [2.05, 4.69) is 11.4 Å². The molecule has 0 bridgehead atoms. The maximum atomic E-state index is 12.1. The van der Waals surface area contributed by atoms with Crippen LogP contribution in [0.3, 0.4) is 0 Å². The summed E-state index contributed by atoms with van der Waals surface area (Å²) in [5.74, 6) is -0.127. The Hall–Kier alpha value is -1.28. The Morgan fingerprint density at radius 2 is 2.09 bits per heavy atom. The Morgan fingerprint density at radius 3 is 2.64 bits per heavy atom. The van der Waals surface area contributed by atoms with Crippen LogP contribution in [0.4, 0.5) is 0 Å². The number of benzene rings is 1. The van der Waals surface area contributed by atoms with E-state index in [-0.39, 0.29) is 18.4 Å². The summed E-state index contributed by atoms with van der Waals surface area (Å²) in [4.78, 5) is 13.1. The van der Waals surface area contributed by atoms with Crippen LogP contribution in [0.25, 0.3) is 0 Å². The van der Waals surface area contributed by atoms with Crippen LogP contribution in [0, 0.1) is 17.2 Å². The molecule has 0 saturated heterocycles. The van der Waals surface area contributed by atoms with Crippen LogP contribution in [0.1, 0.15) is 26.3 Å². The number of carbonyl (C=O) groups is 1. The van der Waals surface area contributed by atoms with E-state index >= 15 is 0 Å². The molecule has 0 heterocycles. The molecule has 0 spiro atoms. The van der Waals surface area contributed by atoms with Gasteiger partial charge < -0.3 is 10.2 Å². The minimum Gasteiger partial charge on any atom is -0.333 e. The Morgan fingerprint density at radius 1 is 1.45 bits per heavy atom. The third-order valence-corrected chi connectivity index (χ3v) is 4.63. The van der Waals surface area contributed by atoms with Crippen molar-refractivity contribution in [3.63, 3.8) is 0 Å². The third kappa shape index (κ3) is 4.88. The van der Waals surface area contributed by atoms with Gasteiger partial charge in [0.05, 0.1) is 23.2 Å². The van der Waals surface area contributed by atoms with Gasteiger partial charge in [0, 0.05) is 5.56 Å². The molecule has 0 radical (unpaired) electrons. The highest BCUT2D eigenvalue weighted by Crippen LogP contribution is 2.24. The maximum Gasteiger partial charge on any atom is 0.276 e. The van der Waals surface area contributed by atoms with Crippen molar-refractivity contribution in [3.8, 4) is 6.07 Å². The zero-order chi connectivity index (χ0) is 16.9. The maximum absolute atomic E-state index is 12.1. The van der Waals surface area contributed by atoms with E-state index in [0.717, 1.165) is 10.5 Å². The van der Waals surface area contributed by atoms with Gasteiger partial charge in [-0.25, -0.2) is 0 Å². The first-order chi connectivity index (χ1) is 10.2. The zero-order valence-electron chi connectivity index (χ0n) is 13.3. The van der Waals surface area contributed by atoms with Gasteiger partial charge in [0.25, 0.3) is 5.91 Å². The number of carbonyl (C=O) groups excluding carboxylic acids is 1. The van der Waals surface area contributed by atoms with Crippen LogP contribution in [-0.4, -0.2) is 25.0 Å². The molecule has 0 saturated carbocycles. The van der Waals surface area contributed by atoms with Crippen LogP contribution < -0.4 is 10.2 Å². The van der Waals surface area contributed by atoms with Crippen molar-refractivity contribution in [2.75, 3.05) is 13.6 Å². The lowest BCUT2D eigenvalue weighted by atomic mass is 9.90. The minimum atomic E-state index is -0.856. The summed E-state index contributed by atoms with van der Waals surface area (Å²) in [6.45, 7) is 6.39. The highest BCUT2D eigenvalue weighted by molar-refractivity contribution is 6.42. The molecule has 120 valence electrons. The number of nitrogens with zero attached hydrogens (tertiary/aromatic N) is 1. The summed E-state index contributed by atoms with van der Waals surface area (Å²) in [6.07, 6.45) is 0. The number of likely N-dealkylation sites (N-methyl/N-ethyl adjacent to an activating group) is 1. The molecule has 0 fully saturated rings. The van der Waals surface area contributed by atoms with E-state index in [1.165, 1.54) is 0 Å². The molecule has 4 nitrogen and oxygen atoms in total. The summed E-state index contributed by atoms with van der Waals surface area (Å²) in [6, 6.07) is 7.63. The molecule has 1 rings (SSSR count). The summed E-state index contributed by atoms with van der Waals surface area (Å²) in [5.41, 5.74) is 0.0387. The lowest BCUT2D eigenvalue weighted by Crippen LogP contribution is -3.09. The number of amides is 1. The Balaban J connectivity index is 2.66. The largest absolute Gasteiger partial charge is 0.333 e. The quantitative estimate of drug-likeness (QED) is 0.831. The van der Waals surface area contributed by atoms with E-state index in [9.17, 15) is 10.1 Å². The van der Waals surface area contributed by atoms with Gasteiger partial charge in [-0.1, -0.05) is 49.2 Å². The van der Waals surface area contributed by atoms with E-state index in [1.54, 1.807) is 13.0 Å². The second-order valence-electron chi connectivity index (χ2n) is 6.04. The molecule has 1 aromatic carbocycles. The van der Waals surface area contributed by atoms with E-state index in [1.807, 2.05) is 33.0 Å². The van der Waals surface area contributed by atoms with E-state index in [4.69, 9.17) is 23.2 Å². The van der Waals surface area contributed by atoms with Crippen molar-refractivity contribution in [2.45, 2.75) is 32.9 Å². The molecule has 0 aliphatic rings. The van der Waals surface area contributed by atoms with E-state index < -0.39 is 5.54 Å². The lowest BCUT2D eigenvalue weighted by molar-refractivity contribution is -0.885. The highest BCUT2D eigenvalue weighted by atomic mass is 35.5. The van der Waals surface area contributed by atoms with Crippen molar-refractivity contribution < 1.29 is 9.69 Å². The average molecular weight is 343 g/mol. The summed E-state index contributed by atoms with van der Waals surface area (Å²) in [5, 5.41) is 13.1. The second-order valence-corrected chi connectivity index (χ2v) is 6.83. The summed E-state index contributed by atoms with van der Waals surface area (Å²) in [7, 11) is 1.90. The molecule has 0 aliphatic heterocycles. The molecule has 6 heteroatoms. The number of rotatable bonds is 6. The van der Waals surface area contributed by atoms with Crippen LogP contribution in [0.5, 0.6) is 0 Å². The van der Waals surface area contributed by atoms with Gasteiger partial charge in [-0.2, -0.15) is 5.26 Å². The topological polar surface area (TPSA) is 57.3 Å². The number of hydrogen-bond acceptors (Lipinski definition) is 2. The minimum absolute atomic E-state index is 0.0316. The highest BCUT2D eigenvalue weighted by Gasteiger charge is 2.30. The first-order valence-electron chi connectivity index (χ1n) is 7.16. The Labute approximate surface area is 142 Å². The molecule has 1 amide bonds. The Bertz CT molecular complexity index is 583. The van der Waals surface area contributed by atoms with Crippen LogP contribution in [0.2, 0.25) is 10.0 Å². The van der Waals surface area contributed by atoms with Crippen molar-refractivity contribution in [1.82, 2.24) is 5.32 Å². The predicted molar refractivity (Wildman–Crippen MR) is 88.9 cm³/mol. The fraction of sp³-hybridized carbons (Fsp3) is 0.500. The van der Waals surface area contributed by atoms with Crippen LogP contribution in [0.15, 0.2) is 18.2 Å². The first kappa shape index (κ1) is 18.8. The fourth-order valence-corrected chi connectivity index (χ4v) is 2.37. The molecule has 1 aromatic rings. The van der Waals surface area contributed by atoms with Crippen molar-refractivity contribution in [3.05, 3.63) is 33.8 Å². The van der Waals surface area contributed by atoms with Gasteiger partial charge >= 0.3 is 0 Å². The van der Waals surface area contributed by atoms with Crippen molar-refractivity contribution in [1.29, 1.82) is 5.26 Å². The van der Waals surface area contributed by atoms with Gasteiger partial charge in [0.15, 0.2) is 6.54 Å². The third-order valence-electron chi connectivity index (χ3n) is 3.77. The molecule has 2 atom stereocenters. The molecule has 0 aromatic heterocycles. The monoisotopic (exact) mass is 342 g/mol. The van der Waals surface area contributed by atoms with Crippen LogP contribution >= 0.6 is 23.2 Å². The predicted octanol–water partition coefficient (Wildman–Crippen LogP) is 2.06. The number of nitriles is 1. The normalized spacial score (nSPS) is 15.0. The van der Waals surface area contributed by atoms with Crippen molar-refractivity contribution in [2.24, 2.45) is 5.92 Å². The number of halogens is 2. The SMILES string of the molecule is CC(C)[C@@](C)(C#N)NC(=O)C[NH+](C)Cc1cccc(Cl)c1Cl. The van der Waals surface area contributed by atoms with Gasteiger partial charge in [0.2, 0.25) is 0 Å². The van der Waals surface area contributed by atoms with Crippen LogP contribution in [-0.2, 0) is 11.3 Å². The van der Waals surface area contributed by atoms with Crippen molar-refractivity contribution >= 4 is 29.1 Å². The first-order valence-corrected chi connectivity index (χ1v) is 7.91.